The number of amides is 2. The molecule has 0 aromatic carbocycles. The summed E-state index contributed by atoms with van der Waals surface area (Å²) in [6.07, 6.45) is 7.65. The second-order valence-corrected chi connectivity index (χ2v) is 11.6. The number of nitrogens with zero attached hydrogens (tertiary/aromatic N) is 2. The monoisotopic (exact) mass is 492 g/mol. The van der Waals surface area contributed by atoms with E-state index in [4.69, 9.17) is 4.74 Å². The Bertz CT molecular complexity index is 802. The second kappa shape index (κ2) is 11.3. The highest BCUT2D eigenvalue weighted by Crippen LogP contribution is 2.67. The Morgan fingerprint density at radius 2 is 2.06 bits per heavy atom. The normalized spacial score (nSPS) is 30.4. The molecule has 3 saturated heterocycles. The van der Waals surface area contributed by atoms with Crippen LogP contribution in [0.15, 0.2) is 25.3 Å². The van der Waals surface area contributed by atoms with E-state index >= 15 is 0 Å². The molecule has 0 aromatic rings. The van der Waals surface area contributed by atoms with Crippen LogP contribution in [-0.4, -0.2) is 81.1 Å². The highest BCUT2D eigenvalue weighted by atomic mass is 32.2. The van der Waals surface area contributed by atoms with Crippen LogP contribution in [0.3, 0.4) is 0 Å². The molecule has 3 aliphatic heterocycles. The van der Waals surface area contributed by atoms with Crippen LogP contribution >= 0.6 is 11.8 Å². The van der Waals surface area contributed by atoms with Gasteiger partial charge in [-0.25, -0.2) is 0 Å². The predicted octanol–water partition coefficient (Wildman–Crippen LogP) is 3.03. The van der Waals surface area contributed by atoms with Crippen LogP contribution in [0, 0.1) is 17.8 Å². The summed E-state index contributed by atoms with van der Waals surface area (Å²) in [5.74, 6) is -1.92. The van der Waals surface area contributed by atoms with Gasteiger partial charge in [0, 0.05) is 18.3 Å². The van der Waals surface area contributed by atoms with Gasteiger partial charge in [-0.2, -0.15) is 0 Å². The zero-order valence-electron chi connectivity index (χ0n) is 20.8. The molecule has 190 valence electrons. The number of likely N-dealkylation sites (tertiary alicyclic amines) is 1. The SMILES string of the molecule is C=CCOC(=O)[C@@H]1[C@@H]2CCC3(S2)C(C(=O)N(CC=C)CCCCC)N([C@@H](CO)C(C)C)C(=O)[C@H]13. The predicted molar refractivity (Wildman–Crippen MR) is 134 cm³/mol. The number of rotatable bonds is 13. The number of carbonyl (C=O) groups is 3. The van der Waals surface area contributed by atoms with Gasteiger partial charge < -0.3 is 19.6 Å². The topological polar surface area (TPSA) is 87.2 Å². The maximum absolute atomic E-state index is 14.2. The third-order valence-electron chi connectivity index (χ3n) is 7.59. The lowest BCUT2D eigenvalue weighted by Crippen LogP contribution is -2.58. The molecule has 1 spiro atoms. The van der Waals surface area contributed by atoms with Gasteiger partial charge in [-0.15, -0.1) is 18.3 Å². The van der Waals surface area contributed by atoms with Crippen molar-refractivity contribution in [3.8, 4) is 0 Å². The average molecular weight is 493 g/mol. The Morgan fingerprint density at radius 3 is 2.65 bits per heavy atom. The summed E-state index contributed by atoms with van der Waals surface area (Å²) < 4.78 is 4.72. The van der Waals surface area contributed by atoms with E-state index in [1.165, 1.54) is 6.08 Å². The molecule has 2 amide bonds. The van der Waals surface area contributed by atoms with Gasteiger partial charge in [0.2, 0.25) is 11.8 Å². The number of unbranched alkanes of at least 4 members (excludes halogenated alkanes) is 2. The quantitative estimate of drug-likeness (QED) is 0.242. The maximum Gasteiger partial charge on any atom is 0.311 e. The minimum atomic E-state index is -0.710. The van der Waals surface area contributed by atoms with E-state index in [1.807, 2.05) is 13.8 Å². The Morgan fingerprint density at radius 1 is 1.32 bits per heavy atom. The van der Waals surface area contributed by atoms with E-state index in [2.05, 4.69) is 20.1 Å². The van der Waals surface area contributed by atoms with Crippen LogP contribution in [-0.2, 0) is 19.1 Å². The van der Waals surface area contributed by atoms with Crippen molar-refractivity contribution in [3.05, 3.63) is 25.3 Å². The van der Waals surface area contributed by atoms with Crippen molar-refractivity contribution in [2.45, 2.75) is 75.0 Å². The summed E-state index contributed by atoms with van der Waals surface area (Å²) in [7, 11) is 0. The van der Waals surface area contributed by atoms with Crippen molar-refractivity contribution in [1.29, 1.82) is 0 Å². The van der Waals surface area contributed by atoms with Crippen molar-refractivity contribution in [2.75, 3.05) is 26.3 Å². The van der Waals surface area contributed by atoms with Gasteiger partial charge in [0.1, 0.15) is 12.6 Å². The lowest BCUT2D eigenvalue weighted by atomic mass is 9.71. The van der Waals surface area contributed by atoms with Crippen LogP contribution in [0.5, 0.6) is 0 Å². The number of thioether (sulfide) groups is 1. The van der Waals surface area contributed by atoms with Gasteiger partial charge >= 0.3 is 5.97 Å². The number of esters is 1. The highest BCUT2D eigenvalue weighted by molar-refractivity contribution is 8.02. The molecule has 1 N–H and O–H groups in total. The highest BCUT2D eigenvalue weighted by Gasteiger charge is 2.74. The molecule has 0 saturated carbocycles. The zero-order chi connectivity index (χ0) is 25.0. The maximum atomic E-state index is 14.2. The first-order valence-electron chi connectivity index (χ1n) is 12.6. The molecule has 0 radical (unpaired) electrons. The molecule has 3 heterocycles. The lowest BCUT2D eigenvalue weighted by Gasteiger charge is -2.40. The molecular formula is C26H40N2O5S. The minimum Gasteiger partial charge on any atom is -0.461 e. The zero-order valence-corrected chi connectivity index (χ0v) is 21.6. The molecule has 0 aliphatic carbocycles. The van der Waals surface area contributed by atoms with Crippen molar-refractivity contribution in [1.82, 2.24) is 9.80 Å². The largest absolute Gasteiger partial charge is 0.461 e. The number of aliphatic hydroxyl groups is 1. The van der Waals surface area contributed by atoms with E-state index < -0.39 is 28.7 Å². The van der Waals surface area contributed by atoms with Gasteiger partial charge in [-0.3, -0.25) is 14.4 Å². The molecule has 0 aromatic heterocycles. The standard InChI is InChI=1S/C26H40N2O5S/c1-6-9-10-14-27(13-7-2)24(31)22-26-12-11-19(34-26)20(25(32)33-15-8-3)21(26)23(30)28(22)18(16-29)17(4)5/h7-8,17-22,29H,2-3,6,9-16H2,1,4-5H3/t18-,19-,20+,21-,22?,26?/m0/s1. The van der Waals surface area contributed by atoms with E-state index in [0.29, 0.717) is 19.5 Å². The van der Waals surface area contributed by atoms with Gasteiger partial charge in [-0.05, 0) is 25.2 Å². The third kappa shape index (κ3) is 4.55. The molecule has 7 nitrogen and oxygen atoms in total. The smallest absolute Gasteiger partial charge is 0.311 e. The summed E-state index contributed by atoms with van der Waals surface area (Å²) in [5, 5.41) is 10.2. The number of hydrogen-bond donors (Lipinski definition) is 1. The number of carbonyl (C=O) groups excluding carboxylic acids is 3. The van der Waals surface area contributed by atoms with Crippen LogP contribution in [0.1, 0.15) is 52.9 Å². The molecule has 6 atom stereocenters. The molecule has 3 fully saturated rings. The van der Waals surface area contributed by atoms with Gasteiger partial charge in [0.15, 0.2) is 0 Å². The van der Waals surface area contributed by atoms with Crippen LogP contribution < -0.4 is 0 Å². The molecular weight excluding hydrogens is 452 g/mol. The Kier molecular flexibility index (Phi) is 8.90. The summed E-state index contributed by atoms with van der Waals surface area (Å²) in [6, 6.07) is -1.20. The molecule has 3 aliphatic rings. The van der Waals surface area contributed by atoms with Crippen LogP contribution in [0.4, 0.5) is 0 Å². The van der Waals surface area contributed by atoms with Crippen molar-refractivity contribution < 1.29 is 24.2 Å². The van der Waals surface area contributed by atoms with Crippen LogP contribution in [0.25, 0.3) is 0 Å². The van der Waals surface area contributed by atoms with Crippen molar-refractivity contribution in [3.63, 3.8) is 0 Å². The van der Waals surface area contributed by atoms with E-state index in [-0.39, 0.29) is 42.2 Å². The molecule has 2 unspecified atom stereocenters. The Balaban J connectivity index is 2.03. The number of aliphatic hydroxyl groups excluding tert-OH is 1. The van der Waals surface area contributed by atoms with Crippen molar-refractivity contribution >= 4 is 29.5 Å². The summed E-state index contributed by atoms with van der Waals surface area (Å²) >= 11 is 1.62. The fourth-order valence-corrected chi connectivity index (χ4v) is 8.21. The molecule has 8 heteroatoms. The van der Waals surface area contributed by atoms with E-state index in [1.54, 1.807) is 27.6 Å². The summed E-state index contributed by atoms with van der Waals surface area (Å²) in [6.45, 7) is 14.3. The van der Waals surface area contributed by atoms with Crippen molar-refractivity contribution in [2.24, 2.45) is 17.8 Å². The lowest BCUT2D eigenvalue weighted by molar-refractivity contribution is -0.153. The van der Waals surface area contributed by atoms with Gasteiger partial charge in [0.25, 0.3) is 0 Å². The Labute approximate surface area is 208 Å². The number of fused-ring (bicyclic) bond motifs is 1. The second-order valence-electron chi connectivity index (χ2n) is 9.99. The van der Waals surface area contributed by atoms with Gasteiger partial charge in [0.05, 0.1) is 29.2 Å². The van der Waals surface area contributed by atoms with E-state index in [9.17, 15) is 19.5 Å². The average Bonchev–Trinajstić information content (AvgIpc) is 3.45. The number of ether oxygens (including phenoxy) is 1. The fourth-order valence-electron chi connectivity index (χ4n) is 6.03. The first kappa shape index (κ1) is 26.8. The van der Waals surface area contributed by atoms with Gasteiger partial charge in [-0.1, -0.05) is 52.3 Å². The first-order valence-corrected chi connectivity index (χ1v) is 13.4. The Hall–Kier alpha value is -1.80. The number of hydrogen-bond acceptors (Lipinski definition) is 6. The molecule has 2 bridgehead atoms. The third-order valence-corrected chi connectivity index (χ3v) is 9.55. The summed E-state index contributed by atoms with van der Waals surface area (Å²) in [4.78, 5) is 44.6. The summed E-state index contributed by atoms with van der Waals surface area (Å²) in [5.41, 5.74) is 0. The fraction of sp³-hybridized carbons (Fsp3) is 0.731. The van der Waals surface area contributed by atoms with E-state index in [0.717, 1.165) is 25.7 Å². The molecule has 3 rings (SSSR count). The first-order chi connectivity index (χ1) is 16.3. The minimum absolute atomic E-state index is 0.0386. The molecule has 34 heavy (non-hydrogen) atoms. The van der Waals surface area contributed by atoms with Crippen LogP contribution in [0.2, 0.25) is 0 Å².